The normalized spacial score (nSPS) is 12.8. The first-order valence-corrected chi connectivity index (χ1v) is 7.46. The number of hydrogen-bond donors (Lipinski definition) is 1. The van der Waals surface area contributed by atoms with Crippen LogP contribution in [-0.4, -0.2) is 25.1 Å². The molecule has 0 saturated heterocycles. The molecule has 1 aromatic carbocycles. The second kappa shape index (κ2) is 5.50. The fraction of sp³-hybridized carbons (Fsp3) is 0.353. The molecule has 2 aromatic heterocycles. The van der Waals surface area contributed by atoms with Gasteiger partial charge in [-0.3, -0.25) is 4.98 Å². The average molecular weight is 296 g/mol. The summed E-state index contributed by atoms with van der Waals surface area (Å²) in [6, 6.07) is 7.77. The van der Waals surface area contributed by atoms with Gasteiger partial charge in [0, 0.05) is 12.7 Å². The number of pyridine rings is 1. The SMILES string of the molecule is CCc1nc(C(O)c2ccc3c(nnn3C)c2C)ccc1C. The smallest absolute Gasteiger partial charge is 0.121 e. The second-order valence-electron chi connectivity index (χ2n) is 5.62. The van der Waals surface area contributed by atoms with Crippen LogP contribution in [-0.2, 0) is 13.5 Å². The average Bonchev–Trinajstić information content (AvgIpc) is 2.90. The maximum Gasteiger partial charge on any atom is 0.121 e. The van der Waals surface area contributed by atoms with Crippen LogP contribution in [0.4, 0.5) is 0 Å². The highest BCUT2D eigenvalue weighted by Gasteiger charge is 2.18. The lowest BCUT2D eigenvalue weighted by Gasteiger charge is -2.15. The van der Waals surface area contributed by atoms with Crippen molar-refractivity contribution in [1.29, 1.82) is 0 Å². The molecular weight excluding hydrogens is 276 g/mol. The van der Waals surface area contributed by atoms with Crippen LogP contribution >= 0.6 is 0 Å². The molecule has 0 aliphatic rings. The molecule has 114 valence electrons. The third kappa shape index (κ3) is 2.27. The number of hydrogen-bond acceptors (Lipinski definition) is 4. The van der Waals surface area contributed by atoms with Gasteiger partial charge in [0.25, 0.3) is 0 Å². The molecule has 1 N–H and O–H groups in total. The fourth-order valence-electron chi connectivity index (χ4n) is 2.80. The molecule has 0 aliphatic carbocycles. The van der Waals surface area contributed by atoms with Crippen molar-refractivity contribution in [3.05, 3.63) is 52.3 Å². The first-order valence-electron chi connectivity index (χ1n) is 7.46. The van der Waals surface area contributed by atoms with Gasteiger partial charge in [-0.15, -0.1) is 5.10 Å². The molecule has 0 amide bonds. The molecule has 22 heavy (non-hydrogen) atoms. The van der Waals surface area contributed by atoms with Gasteiger partial charge in [0.15, 0.2) is 0 Å². The minimum absolute atomic E-state index is 0.675. The van der Waals surface area contributed by atoms with Gasteiger partial charge >= 0.3 is 0 Å². The van der Waals surface area contributed by atoms with Gasteiger partial charge in [-0.25, -0.2) is 4.68 Å². The molecule has 0 fully saturated rings. The number of rotatable bonds is 3. The molecule has 0 spiro atoms. The molecule has 0 aliphatic heterocycles. The maximum absolute atomic E-state index is 10.7. The molecule has 3 rings (SSSR count). The summed E-state index contributed by atoms with van der Waals surface area (Å²) in [6.07, 6.45) is 0.103. The quantitative estimate of drug-likeness (QED) is 0.807. The van der Waals surface area contributed by atoms with Gasteiger partial charge < -0.3 is 5.11 Å². The minimum Gasteiger partial charge on any atom is -0.382 e. The number of aliphatic hydroxyl groups excluding tert-OH is 1. The zero-order valence-corrected chi connectivity index (χ0v) is 13.3. The second-order valence-corrected chi connectivity index (χ2v) is 5.62. The van der Waals surface area contributed by atoms with Crippen LogP contribution in [0.25, 0.3) is 11.0 Å². The summed E-state index contributed by atoms with van der Waals surface area (Å²) >= 11 is 0. The molecule has 0 saturated carbocycles. The van der Waals surface area contributed by atoms with E-state index >= 15 is 0 Å². The molecule has 2 heterocycles. The van der Waals surface area contributed by atoms with Crippen molar-refractivity contribution in [1.82, 2.24) is 20.0 Å². The first kappa shape index (κ1) is 14.7. The number of aryl methyl sites for hydroxylation is 4. The highest BCUT2D eigenvalue weighted by Crippen LogP contribution is 2.28. The van der Waals surface area contributed by atoms with E-state index in [1.807, 2.05) is 45.2 Å². The molecule has 0 bridgehead atoms. The summed E-state index contributed by atoms with van der Waals surface area (Å²) in [6.45, 7) is 6.08. The summed E-state index contributed by atoms with van der Waals surface area (Å²) in [4.78, 5) is 4.60. The Kier molecular flexibility index (Phi) is 3.66. The molecule has 3 aromatic rings. The summed E-state index contributed by atoms with van der Waals surface area (Å²) < 4.78 is 1.73. The lowest BCUT2D eigenvalue weighted by atomic mass is 9.98. The Balaban J connectivity index is 2.08. The molecular formula is C17H20N4O. The number of aromatic nitrogens is 4. The summed E-state index contributed by atoms with van der Waals surface area (Å²) in [5.74, 6) is 0. The van der Waals surface area contributed by atoms with E-state index in [1.165, 1.54) is 0 Å². The van der Waals surface area contributed by atoms with Gasteiger partial charge in [0.1, 0.15) is 11.6 Å². The van der Waals surface area contributed by atoms with E-state index in [0.29, 0.717) is 5.69 Å². The van der Waals surface area contributed by atoms with Crippen molar-refractivity contribution >= 4 is 11.0 Å². The largest absolute Gasteiger partial charge is 0.382 e. The highest BCUT2D eigenvalue weighted by atomic mass is 16.3. The van der Waals surface area contributed by atoms with E-state index in [-0.39, 0.29) is 0 Å². The summed E-state index contributed by atoms with van der Waals surface area (Å²) in [7, 11) is 1.86. The first-order chi connectivity index (χ1) is 10.5. The van der Waals surface area contributed by atoms with E-state index in [1.54, 1.807) is 4.68 Å². The zero-order chi connectivity index (χ0) is 15.9. The van der Waals surface area contributed by atoms with E-state index < -0.39 is 6.10 Å². The molecule has 1 atom stereocenters. The molecule has 0 radical (unpaired) electrons. The van der Waals surface area contributed by atoms with E-state index in [9.17, 15) is 5.11 Å². The van der Waals surface area contributed by atoms with Crippen molar-refractivity contribution in [2.75, 3.05) is 0 Å². The number of fused-ring (bicyclic) bond motifs is 1. The Morgan fingerprint density at radius 1 is 1.18 bits per heavy atom. The van der Waals surface area contributed by atoms with Gasteiger partial charge in [-0.1, -0.05) is 24.3 Å². The van der Waals surface area contributed by atoms with Gasteiger partial charge in [-0.2, -0.15) is 0 Å². The Morgan fingerprint density at radius 3 is 2.68 bits per heavy atom. The van der Waals surface area contributed by atoms with Crippen molar-refractivity contribution in [3.8, 4) is 0 Å². The van der Waals surface area contributed by atoms with Crippen LogP contribution in [0.5, 0.6) is 0 Å². The van der Waals surface area contributed by atoms with Crippen LogP contribution in [0, 0.1) is 13.8 Å². The van der Waals surface area contributed by atoms with Crippen molar-refractivity contribution in [3.63, 3.8) is 0 Å². The topological polar surface area (TPSA) is 63.8 Å². The monoisotopic (exact) mass is 296 g/mol. The lowest BCUT2D eigenvalue weighted by molar-refractivity contribution is 0.214. The van der Waals surface area contributed by atoms with Crippen LogP contribution in [0.15, 0.2) is 24.3 Å². The molecule has 5 heteroatoms. The predicted octanol–water partition coefficient (Wildman–Crippen LogP) is 2.62. The fourth-order valence-corrected chi connectivity index (χ4v) is 2.80. The summed E-state index contributed by atoms with van der Waals surface area (Å²) in [5.41, 5.74) is 6.40. The van der Waals surface area contributed by atoms with Crippen LogP contribution in [0.2, 0.25) is 0 Å². The standard InChI is InChI=1S/C17H20N4O/c1-5-13-10(2)6-8-14(18-13)17(22)12-7-9-15-16(11(12)3)19-20-21(15)4/h6-9,17,22H,5H2,1-4H3. The Labute approximate surface area is 129 Å². The zero-order valence-electron chi connectivity index (χ0n) is 13.3. The third-order valence-electron chi connectivity index (χ3n) is 4.21. The van der Waals surface area contributed by atoms with Gasteiger partial charge in [0.2, 0.25) is 0 Å². The Morgan fingerprint density at radius 2 is 1.95 bits per heavy atom. The van der Waals surface area contributed by atoms with E-state index in [4.69, 9.17) is 0 Å². The molecule has 1 unspecified atom stereocenters. The third-order valence-corrected chi connectivity index (χ3v) is 4.21. The van der Waals surface area contributed by atoms with Crippen LogP contribution < -0.4 is 0 Å². The van der Waals surface area contributed by atoms with Gasteiger partial charge in [0.05, 0.1) is 11.2 Å². The van der Waals surface area contributed by atoms with Crippen molar-refractivity contribution in [2.45, 2.75) is 33.3 Å². The highest BCUT2D eigenvalue weighted by molar-refractivity contribution is 5.79. The number of aliphatic hydroxyl groups is 1. The van der Waals surface area contributed by atoms with Crippen molar-refractivity contribution in [2.24, 2.45) is 7.05 Å². The minimum atomic E-state index is -0.752. The van der Waals surface area contributed by atoms with E-state index in [0.717, 1.165) is 39.8 Å². The molecule has 5 nitrogen and oxygen atoms in total. The Hall–Kier alpha value is -2.27. The van der Waals surface area contributed by atoms with Gasteiger partial charge in [-0.05, 0) is 49.1 Å². The van der Waals surface area contributed by atoms with Crippen LogP contribution in [0.1, 0.15) is 41.1 Å². The van der Waals surface area contributed by atoms with Crippen LogP contribution in [0.3, 0.4) is 0 Å². The predicted molar refractivity (Wildman–Crippen MR) is 85.7 cm³/mol. The number of benzene rings is 1. The maximum atomic E-state index is 10.7. The van der Waals surface area contributed by atoms with E-state index in [2.05, 4.69) is 22.2 Å². The lowest BCUT2D eigenvalue weighted by Crippen LogP contribution is -2.07. The van der Waals surface area contributed by atoms with Crippen molar-refractivity contribution < 1.29 is 5.11 Å². The summed E-state index contributed by atoms with van der Waals surface area (Å²) in [5, 5.41) is 19.0. The Bertz CT molecular complexity index is 838. The number of nitrogens with zero attached hydrogens (tertiary/aromatic N) is 4.